The fourth-order valence-electron chi connectivity index (χ4n) is 1.25. The lowest BCUT2D eigenvalue weighted by Gasteiger charge is -2.20. The van der Waals surface area contributed by atoms with Crippen LogP contribution < -0.4 is 0 Å². The molecular formula is C9H16O6. The van der Waals surface area contributed by atoms with Crippen LogP contribution in [0.25, 0.3) is 0 Å². The smallest absolute Gasteiger partial charge is 0.309 e. The highest BCUT2D eigenvalue weighted by molar-refractivity contribution is 5.71. The fraction of sp³-hybridized carbons (Fsp3) is 0.778. The molecule has 0 saturated carbocycles. The van der Waals surface area contributed by atoms with Crippen LogP contribution in [0, 0.1) is 5.92 Å². The maximum absolute atomic E-state index is 10.7. The van der Waals surface area contributed by atoms with E-state index in [1.54, 1.807) is 0 Å². The van der Waals surface area contributed by atoms with E-state index in [4.69, 9.17) is 15.3 Å². The molecule has 0 aromatic heterocycles. The molecule has 3 unspecified atom stereocenters. The number of rotatable bonds is 7. The van der Waals surface area contributed by atoms with E-state index in [2.05, 4.69) is 0 Å². The Morgan fingerprint density at radius 2 is 1.73 bits per heavy atom. The van der Waals surface area contributed by atoms with Crippen LogP contribution in [-0.2, 0) is 9.59 Å². The second-order valence-electron chi connectivity index (χ2n) is 3.46. The standard InChI is InChI=1S/C9H16O6/c1-5(10)8(13)6(9(14)15)3-2-4-7(11)12/h5-6,8,10,13H,2-4H2,1H3,(H,11,12)(H,14,15). The van der Waals surface area contributed by atoms with Gasteiger partial charge in [-0.05, 0) is 19.8 Å². The lowest BCUT2D eigenvalue weighted by molar-refractivity contribution is -0.150. The molecule has 0 spiro atoms. The molecule has 6 heteroatoms. The van der Waals surface area contributed by atoms with Crippen LogP contribution >= 0.6 is 0 Å². The Morgan fingerprint density at radius 1 is 1.20 bits per heavy atom. The summed E-state index contributed by atoms with van der Waals surface area (Å²) in [6.45, 7) is 1.29. The van der Waals surface area contributed by atoms with Gasteiger partial charge in [-0.15, -0.1) is 0 Å². The summed E-state index contributed by atoms with van der Waals surface area (Å²) in [5.41, 5.74) is 0. The first-order chi connectivity index (χ1) is 6.86. The predicted molar refractivity (Wildman–Crippen MR) is 50.3 cm³/mol. The summed E-state index contributed by atoms with van der Waals surface area (Å²) in [5.74, 6) is -3.36. The fourth-order valence-corrected chi connectivity index (χ4v) is 1.25. The summed E-state index contributed by atoms with van der Waals surface area (Å²) in [5, 5.41) is 35.5. The Bertz CT molecular complexity index is 225. The average molecular weight is 220 g/mol. The average Bonchev–Trinajstić information content (AvgIpc) is 2.10. The summed E-state index contributed by atoms with van der Waals surface area (Å²) in [6, 6.07) is 0. The number of aliphatic carboxylic acids is 2. The van der Waals surface area contributed by atoms with Crippen LogP contribution in [0.4, 0.5) is 0 Å². The molecule has 88 valence electrons. The molecule has 0 rings (SSSR count). The summed E-state index contributed by atoms with van der Waals surface area (Å²) in [7, 11) is 0. The Kier molecular flexibility index (Phi) is 5.88. The molecule has 0 bridgehead atoms. The Morgan fingerprint density at radius 3 is 2.07 bits per heavy atom. The maximum Gasteiger partial charge on any atom is 0.309 e. The van der Waals surface area contributed by atoms with Crippen molar-refractivity contribution in [1.29, 1.82) is 0 Å². The number of hydrogen-bond acceptors (Lipinski definition) is 4. The maximum atomic E-state index is 10.7. The molecule has 0 aliphatic heterocycles. The zero-order valence-corrected chi connectivity index (χ0v) is 8.46. The molecule has 0 radical (unpaired) electrons. The molecule has 0 fully saturated rings. The van der Waals surface area contributed by atoms with Gasteiger partial charge in [0, 0.05) is 6.42 Å². The molecular weight excluding hydrogens is 204 g/mol. The summed E-state index contributed by atoms with van der Waals surface area (Å²) >= 11 is 0. The number of aliphatic hydroxyl groups excluding tert-OH is 2. The van der Waals surface area contributed by atoms with Gasteiger partial charge in [-0.2, -0.15) is 0 Å². The summed E-state index contributed by atoms with van der Waals surface area (Å²) < 4.78 is 0. The highest BCUT2D eigenvalue weighted by Gasteiger charge is 2.29. The van der Waals surface area contributed by atoms with Gasteiger partial charge in [0.05, 0.1) is 18.1 Å². The Hall–Kier alpha value is -1.14. The summed E-state index contributed by atoms with van der Waals surface area (Å²) in [4.78, 5) is 20.9. The van der Waals surface area contributed by atoms with Gasteiger partial charge in [0.25, 0.3) is 0 Å². The zero-order valence-electron chi connectivity index (χ0n) is 8.46. The normalized spacial score (nSPS) is 16.7. The second-order valence-corrected chi connectivity index (χ2v) is 3.46. The molecule has 0 heterocycles. The van der Waals surface area contributed by atoms with Gasteiger partial charge in [-0.25, -0.2) is 0 Å². The minimum Gasteiger partial charge on any atom is -0.481 e. The number of carbonyl (C=O) groups is 2. The second kappa shape index (κ2) is 6.36. The lowest BCUT2D eigenvalue weighted by atomic mass is 9.93. The van der Waals surface area contributed by atoms with E-state index >= 15 is 0 Å². The van der Waals surface area contributed by atoms with Crippen molar-refractivity contribution < 1.29 is 30.0 Å². The SMILES string of the molecule is CC(O)C(O)C(CCCC(=O)O)C(=O)O. The van der Waals surface area contributed by atoms with Gasteiger partial charge in [-0.1, -0.05) is 0 Å². The molecule has 4 N–H and O–H groups in total. The van der Waals surface area contributed by atoms with Crippen molar-refractivity contribution in [3.63, 3.8) is 0 Å². The van der Waals surface area contributed by atoms with E-state index in [1.807, 2.05) is 0 Å². The van der Waals surface area contributed by atoms with Crippen molar-refractivity contribution in [2.75, 3.05) is 0 Å². The van der Waals surface area contributed by atoms with E-state index in [-0.39, 0.29) is 19.3 Å². The molecule has 0 aromatic rings. The van der Waals surface area contributed by atoms with E-state index < -0.39 is 30.1 Å². The number of aliphatic hydroxyl groups is 2. The minimum absolute atomic E-state index is 0.0354. The van der Waals surface area contributed by atoms with Crippen molar-refractivity contribution >= 4 is 11.9 Å². The van der Waals surface area contributed by atoms with Crippen molar-refractivity contribution in [3.05, 3.63) is 0 Å². The molecule has 6 nitrogen and oxygen atoms in total. The monoisotopic (exact) mass is 220 g/mol. The van der Waals surface area contributed by atoms with Crippen LogP contribution in [0.3, 0.4) is 0 Å². The molecule has 3 atom stereocenters. The Labute approximate surface area is 87.2 Å². The van der Waals surface area contributed by atoms with Gasteiger partial charge in [0.1, 0.15) is 0 Å². The van der Waals surface area contributed by atoms with Gasteiger partial charge < -0.3 is 20.4 Å². The van der Waals surface area contributed by atoms with E-state index in [9.17, 15) is 14.7 Å². The first kappa shape index (κ1) is 13.9. The van der Waals surface area contributed by atoms with Crippen LogP contribution in [0.2, 0.25) is 0 Å². The van der Waals surface area contributed by atoms with E-state index in [1.165, 1.54) is 6.92 Å². The first-order valence-electron chi connectivity index (χ1n) is 4.67. The lowest BCUT2D eigenvalue weighted by Crippen LogP contribution is -2.36. The number of hydrogen-bond donors (Lipinski definition) is 4. The van der Waals surface area contributed by atoms with Gasteiger partial charge in [0.15, 0.2) is 0 Å². The largest absolute Gasteiger partial charge is 0.481 e. The molecule has 0 aromatic carbocycles. The molecule has 0 aliphatic carbocycles. The molecule has 0 saturated heterocycles. The third-order valence-electron chi connectivity index (χ3n) is 2.13. The highest BCUT2D eigenvalue weighted by atomic mass is 16.4. The van der Waals surface area contributed by atoms with Crippen LogP contribution in [0.1, 0.15) is 26.2 Å². The van der Waals surface area contributed by atoms with Crippen LogP contribution in [0.15, 0.2) is 0 Å². The Balaban J connectivity index is 4.17. The van der Waals surface area contributed by atoms with Crippen LogP contribution in [-0.4, -0.2) is 44.6 Å². The zero-order chi connectivity index (χ0) is 12.0. The van der Waals surface area contributed by atoms with Crippen molar-refractivity contribution in [1.82, 2.24) is 0 Å². The minimum atomic E-state index is -1.36. The quantitative estimate of drug-likeness (QED) is 0.467. The first-order valence-corrected chi connectivity index (χ1v) is 4.67. The van der Waals surface area contributed by atoms with Gasteiger partial charge >= 0.3 is 11.9 Å². The molecule has 15 heavy (non-hydrogen) atoms. The topological polar surface area (TPSA) is 115 Å². The van der Waals surface area contributed by atoms with Crippen molar-refractivity contribution in [2.45, 2.75) is 38.4 Å². The number of carboxylic acid groups (broad SMARTS) is 2. The van der Waals surface area contributed by atoms with Gasteiger partial charge in [0.2, 0.25) is 0 Å². The highest BCUT2D eigenvalue weighted by Crippen LogP contribution is 2.16. The third kappa shape index (κ3) is 5.34. The van der Waals surface area contributed by atoms with Crippen molar-refractivity contribution in [2.24, 2.45) is 5.92 Å². The van der Waals surface area contributed by atoms with Crippen LogP contribution in [0.5, 0.6) is 0 Å². The molecule has 0 aliphatic rings. The van der Waals surface area contributed by atoms with E-state index in [0.717, 1.165) is 0 Å². The third-order valence-corrected chi connectivity index (χ3v) is 2.13. The van der Waals surface area contributed by atoms with Crippen molar-refractivity contribution in [3.8, 4) is 0 Å². The molecule has 0 amide bonds. The van der Waals surface area contributed by atoms with E-state index in [0.29, 0.717) is 0 Å². The number of carboxylic acids is 2. The summed E-state index contributed by atoms with van der Waals surface area (Å²) in [6.07, 6.45) is -2.45. The van der Waals surface area contributed by atoms with Gasteiger partial charge in [-0.3, -0.25) is 9.59 Å². The predicted octanol–water partition coefficient (Wildman–Crippen LogP) is -0.316.